The quantitative estimate of drug-likeness (QED) is 0.431. The second-order valence-corrected chi connectivity index (χ2v) is 7.12. The fraction of sp³-hybridized carbons (Fsp3) is 0.250. The summed E-state index contributed by atoms with van der Waals surface area (Å²) < 4.78 is 23.3. The maximum atomic E-state index is 12.9. The number of amides is 1. The lowest BCUT2D eigenvalue weighted by molar-refractivity contribution is 0.0953. The first-order valence-corrected chi connectivity index (χ1v) is 9.77. The van der Waals surface area contributed by atoms with Gasteiger partial charge in [-0.1, -0.05) is 5.16 Å². The van der Waals surface area contributed by atoms with Crippen LogP contribution in [0.25, 0.3) is 0 Å². The van der Waals surface area contributed by atoms with Crippen LogP contribution in [0.1, 0.15) is 28.5 Å². The number of aryl methyl sites for hydroxylation is 1. The van der Waals surface area contributed by atoms with Crippen molar-refractivity contribution in [3.8, 4) is 5.75 Å². The van der Waals surface area contributed by atoms with Crippen molar-refractivity contribution < 1.29 is 18.4 Å². The van der Waals surface area contributed by atoms with Crippen LogP contribution in [0.3, 0.4) is 0 Å². The van der Waals surface area contributed by atoms with Crippen LogP contribution in [0, 0.1) is 12.7 Å². The van der Waals surface area contributed by atoms with Crippen molar-refractivity contribution in [1.29, 1.82) is 0 Å². The molecule has 28 heavy (non-hydrogen) atoms. The molecule has 0 aliphatic heterocycles. The highest BCUT2D eigenvalue weighted by Crippen LogP contribution is 2.18. The Morgan fingerprint density at radius 1 is 1.18 bits per heavy atom. The lowest BCUT2D eigenvalue weighted by Gasteiger charge is -2.07. The number of ether oxygens (including phenoxy) is 1. The second-order valence-electron chi connectivity index (χ2n) is 5.95. The number of hydrogen-bond acceptors (Lipinski definition) is 6. The lowest BCUT2D eigenvalue weighted by Crippen LogP contribution is -2.24. The number of thioether (sulfide) groups is 1. The summed E-state index contributed by atoms with van der Waals surface area (Å²) in [6.07, 6.45) is 0.819. The van der Waals surface area contributed by atoms with Crippen molar-refractivity contribution in [3.63, 3.8) is 0 Å². The molecule has 0 unspecified atom stereocenters. The van der Waals surface area contributed by atoms with Gasteiger partial charge in [-0.05, 0) is 60.7 Å². The summed E-state index contributed by atoms with van der Waals surface area (Å²) in [7, 11) is 0. The Morgan fingerprint density at radius 3 is 2.61 bits per heavy atom. The molecule has 1 N–H and O–H groups in total. The van der Waals surface area contributed by atoms with Gasteiger partial charge in [-0.15, -0.1) is 11.8 Å². The van der Waals surface area contributed by atoms with Crippen LogP contribution < -0.4 is 10.1 Å². The fourth-order valence-corrected chi connectivity index (χ4v) is 3.20. The summed E-state index contributed by atoms with van der Waals surface area (Å²) in [5.41, 5.74) is 0.564. The number of hydrogen-bond donors (Lipinski definition) is 1. The molecule has 8 heteroatoms. The molecule has 0 aliphatic carbocycles. The van der Waals surface area contributed by atoms with Gasteiger partial charge in [0.15, 0.2) is 6.61 Å². The normalized spacial score (nSPS) is 10.6. The van der Waals surface area contributed by atoms with Gasteiger partial charge in [-0.2, -0.15) is 4.98 Å². The van der Waals surface area contributed by atoms with E-state index in [4.69, 9.17) is 9.26 Å². The van der Waals surface area contributed by atoms with E-state index in [2.05, 4.69) is 15.5 Å². The molecule has 146 valence electrons. The van der Waals surface area contributed by atoms with E-state index in [1.54, 1.807) is 55.1 Å². The minimum absolute atomic E-state index is 0.132. The lowest BCUT2D eigenvalue weighted by atomic mass is 10.2. The summed E-state index contributed by atoms with van der Waals surface area (Å²) in [4.78, 5) is 17.2. The first-order valence-electron chi connectivity index (χ1n) is 8.79. The van der Waals surface area contributed by atoms with E-state index >= 15 is 0 Å². The minimum atomic E-state index is -0.238. The third-order valence-electron chi connectivity index (χ3n) is 3.74. The van der Waals surface area contributed by atoms with E-state index in [0.717, 1.165) is 17.1 Å². The highest BCUT2D eigenvalue weighted by atomic mass is 32.2. The maximum absolute atomic E-state index is 12.9. The van der Waals surface area contributed by atoms with Crippen molar-refractivity contribution in [1.82, 2.24) is 15.5 Å². The zero-order chi connectivity index (χ0) is 19.8. The summed E-state index contributed by atoms with van der Waals surface area (Å²) in [5.74, 6) is 2.05. The van der Waals surface area contributed by atoms with Crippen LogP contribution >= 0.6 is 11.8 Å². The van der Waals surface area contributed by atoms with Gasteiger partial charge in [-0.25, -0.2) is 4.39 Å². The van der Waals surface area contributed by atoms with Gasteiger partial charge in [0.05, 0.1) is 0 Å². The third kappa shape index (κ3) is 6.09. The van der Waals surface area contributed by atoms with E-state index in [9.17, 15) is 9.18 Å². The molecule has 0 fully saturated rings. The largest absolute Gasteiger partial charge is 0.485 e. The average Bonchev–Trinajstić information content (AvgIpc) is 3.13. The summed E-state index contributed by atoms with van der Waals surface area (Å²) >= 11 is 1.63. The molecule has 0 saturated heterocycles. The van der Waals surface area contributed by atoms with Gasteiger partial charge in [0.25, 0.3) is 5.91 Å². The van der Waals surface area contributed by atoms with E-state index in [-0.39, 0.29) is 18.3 Å². The average molecular weight is 401 g/mol. The van der Waals surface area contributed by atoms with Crippen LogP contribution in [0.5, 0.6) is 5.75 Å². The van der Waals surface area contributed by atoms with E-state index in [1.165, 1.54) is 12.1 Å². The minimum Gasteiger partial charge on any atom is -0.485 e. The van der Waals surface area contributed by atoms with Crippen molar-refractivity contribution in [2.75, 3.05) is 12.3 Å². The van der Waals surface area contributed by atoms with E-state index in [1.807, 2.05) is 0 Å². The molecule has 3 rings (SSSR count). The van der Waals surface area contributed by atoms with Crippen LogP contribution in [0.2, 0.25) is 0 Å². The standard InChI is InChI=1S/C20H20FN3O3S/c1-14-23-19(24-27-14)13-26-17-7-3-15(4-8-17)20(25)22-11-2-12-28-18-9-5-16(21)6-10-18/h3-10H,2,11-13H2,1H3,(H,22,25). The number of benzene rings is 2. The number of aromatic nitrogens is 2. The van der Waals surface area contributed by atoms with Crippen molar-refractivity contribution in [2.24, 2.45) is 0 Å². The molecule has 1 aromatic heterocycles. The number of carbonyl (C=O) groups is 1. The Bertz CT molecular complexity index is 898. The van der Waals surface area contributed by atoms with Gasteiger partial charge in [0.2, 0.25) is 11.7 Å². The molecule has 3 aromatic rings. The number of carbonyl (C=O) groups excluding carboxylic acids is 1. The van der Waals surface area contributed by atoms with Crippen molar-refractivity contribution in [3.05, 3.63) is 71.6 Å². The second kappa shape index (κ2) is 9.89. The van der Waals surface area contributed by atoms with Gasteiger partial charge < -0.3 is 14.6 Å². The predicted octanol–water partition coefficient (Wildman–Crippen LogP) is 4.01. The van der Waals surface area contributed by atoms with Crippen LogP contribution in [0.15, 0.2) is 57.9 Å². The zero-order valence-electron chi connectivity index (χ0n) is 15.4. The Morgan fingerprint density at radius 2 is 1.93 bits per heavy atom. The zero-order valence-corrected chi connectivity index (χ0v) is 16.2. The van der Waals surface area contributed by atoms with Gasteiger partial charge in [0, 0.05) is 23.9 Å². The molecular formula is C20H20FN3O3S. The highest BCUT2D eigenvalue weighted by molar-refractivity contribution is 7.99. The molecule has 0 radical (unpaired) electrons. The molecule has 0 spiro atoms. The Labute approximate surface area is 166 Å². The molecule has 2 aromatic carbocycles. The molecule has 0 bridgehead atoms. The van der Waals surface area contributed by atoms with Crippen LogP contribution in [-0.2, 0) is 6.61 Å². The Kier molecular flexibility index (Phi) is 7.02. The number of halogens is 1. The van der Waals surface area contributed by atoms with E-state index < -0.39 is 0 Å². The highest BCUT2D eigenvalue weighted by Gasteiger charge is 2.07. The molecule has 1 amide bonds. The summed E-state index contributed by atoms with van der Waals surface area (Å²) in [5, 5.41) is 6.64. The van der Waals surface area contributed by atoms with Gasteiger partial charge >= 0.3 is 0 Å². The smallest absolute Gasteiger partial charge is 0.251 e. The molecule has 0 aliphatic rings. The van der Waals surface area contributed by atoms with Crippen LogP contribution in [0.4, 0.5) is 4.39 Å². The first kappa shape index (κ1) is 19.9. The maximum Gasteiger partial charge on any atom is 0.251 e. The Balaban J connectivity index is 1.36. The molecular weight excluding hydrogens is 381 g/mol. The van der Waals surface area contributed by atoms with Crippen LogP contribution in [-0.4, -0.2) is 28.3 Å². The number of rotatable bonds is 9. The monoisotopic (exact) mass is 401 g/mol. The third-order valence-corrected chi connectivity index (χ3v) is 4.84. The van der Waals surface area contributed by atoms with E-state index in [0.29, 0.717) is 29.6 Å². The fourth-order valence-electron chi connectivity index (χ4n) is 2.35. The number of nitrogens with zero attached hydrogens (tertiary/aromatic N) is 2. The summed E-state index contributed by atoms with van der Waals surface area (Å²) in [6, 6.07) is 13.3. The molecule has 0 saturated carbocycles. The molecule has 6 nitrogen and oxygen atoms in total. The predicted molar refractivity (Wildman–Crippen MR) is 104 cm³/mol. The van der Waals surface area contributed by atoms with Gasteiger partial charge in [0.1, 0.15) is 11.6 Å². The first-order chi connectivity index (χ1) is 13.6. The SMILES string of the molecule is Cc1nc(COc2ccc(C(=O)NCCCSc3ccc(F)cc3)cc2)no1. The van der Waals surface area contributed by atoms with Crippen molar-refractivity contribution in [2.45, 2.75) is 24.8 Å². The molecule has 0 atom stereocenters. The Hall–Kier alpha value is -2.87. The van der Waals surface area contributed by atoms with Gasteiger partial charge in [-0.3, -0.25) is 4.79 Å². The number of nitrogens with one attached hydrogen (secondary N) is 1. The molecule has 1 heterocycles. The topological polar surface area (TPSA) is 77.2 Å². The summed E-state index contributed by atoms with van der Waals surface area (Å²) in [6.45, 7) is 2.49. The van der Waals surface area contributed by atoms with Crippen molar-refractivity contribution >= 4 is 17.7 Å².